The van der Waals surface area contributed by atoms with Crippen molar-refractivity contribution in [3.8, 4) is 0 Å². The number of nitrogens with zero attached hydrogens (tertiary/aromatic N) is 2. The molecule has 0 aliphatic carbocycles. The summed E-state index contributed by atoms with van der Waals surface area (Å²) in [6.07, 6.45) is 4.06. The van der Waals surface area contributed by atoms with E-state index in [1.165, 1.54) is 6.42 Å². The summed E-state index contributed by atoms with van der Waals surface area (Å²) >= 11 is 0. The Balaban J connectivity index is 2.64. The third-order valence-electron chi connectivity index (χ3n) is 2.78. The molecule has 0 saturated heterocycles. The minimum Gasteiger partial charge on any atom is -0.323 e. The summed E-state index contributed by atoms with van der Waals surface area (Å²) in [7, 11) is 0. The van der Waals surface area contributed by atoms with Crippen molar-refractivity contribution in [3.63, 3.8) is 0 Å². The van der Waals surface area contributed by atoms with Crippen molar-refractivity contribution >= 4 is 0 Å². The van der Waals surface area contributed by atoms with Crippen LogP contribution < -0.4 is 5.73 Å². The average molecular weight is 195 g/mol. The first-order chi connectivity index (χ1) is 6.69. The zero-order chi connectivity index (χ0) is 10.6. The van der Waals surface area contributed by atoms with E-state index in [-0.39, 0.29) is 6.04 Å². The van der Waals surface area contributed by atoms with Gasteiger partial charge in [-0.2, -0.15) is 5.10 Å². The maximum atomic E-state index is 6.13. The molecule has 0 aliphatic heterocycles. The van der Waals surface area contributed by atoms with Crippen molar-refractivity contribution in [3.05, 3.63) is 18.0 Å². The lowest BCUT2D eigenvalue weighted by molar-refractivity contribution is 0.439. The first kappa shape index (κ1) is 11.2. The van der Waals surface area contributed by atoms with Crippen molar-refractivity contribution in [2.24, 2.45) is 11.7 Å². The predicted molar refractivity (Wildman–Crippen MR) is 58.9 cm³/mol. The highest BCUT2D eigenvalue weighted by Gasteiger charge is 2.13. The minimum absolute atomic E-state index is 0.132. The van der Waals surface area contributed by atoms with Crippen LogP contribution >= 0.6 is 0 Å². The van der Waals surface area contributed by atoms with Gasteiger partial charge in [0, 0.05) is 18.8 Å². The highest BCUT2D eigenvalue weighted by Crippen LogP contribution is 2.20. The second-order valence-electron chi connectivity index (χ2n) is 3.93. The molecule has 1 aromatic heterocycles. The van der Waals surface area contributed by atoms with Crippen LogP contribution in [0.1, 0.15) is 45.3 Å². The average Bonchev–Trinajstić information content (AvgIpc) is 2.65. The first-order valence-electron chi connectivity index (χ1n) is 5.46. The maximum absolute atomic E-state index is 6.13. The Morgan fingerprint density at radius 2 is 2.21 bits per heavy atom. The van der Waals surface area contributed by atoms with E-state index in [2.05, 4.69) is 25.9 Å². The molecule has 0 spiro atoms. The molecule has 0 saturated carbocycles. The van der Waals surface area contributed by atoms with E-state index < -0.39 is 0 Å². The quantitative estimate of drug-likeness (QED) is 0.783. The van der Waals surface area contributed by atoms with Gasteiger partial charge in [-0.15, -0.1) is 0 Å². The molecule has 0 fully saturated rings. The molecule has 3 nitrogen and oxygen atoms in total. The predicted octanol–water partition coefficient (Wildman–Crippen LogP) is 2.34. The second kappa shape index (κ2) is 5.15. The van der Waals surface area contributed by atoms with Crippen LogP contribution in [0.5, 0.6) is 0 Å². The standard InChI is InChI=1S/C11H21N3/c1-4-9(3)8-10(12)11-6-7-13-14(11)5-2/h6-7,9-10H,4-5,8,12H2,1-3H3. The number of rotatable bonds is 5. The lowest BCUT2D eigenvalue weighted by atomic mass is 9.98. The number of hydrogen-bond donors (Lipinski definition) is 1. The third-order valence-corrected chi connectivity index (χ3v) is 2.78. The van der Waals surface area contributed by atoms with E-state index in [9.17, 15) is 0 Å². The zero-order valence-electron chi connectivity index (χ0n) is 9.40. The van der Waals surface area contributed by atoms with Crippen molar-refractivity contribution in [2.45, 2.75) is 46.2 Å². The van der Waals surface area contributed by atoms with Crippen molar-refractivity contribution in [1.29, 1.82) is 0 Å². The largest absolute Gasteiger partial charge is 0.323 e. The summed E-state index contributed by atoms with van der Waals surface area (Å²) in [5.41, 5.74) is 7.29. The van der Waals surface area contributed by atoms with E-state index in [0.29, 0.717) is 5.92 Å². The molecular weight excluding hydrogens is 174 g/mol. The van der Waals surface area contributed by atoms with Gasteiger partial charge in [0.05, 0.1) is 5.69 Å². The SMILES string of the molecule is CCC(C)CC(N)c1ccnn1CC. The molecule has 1 heterocycles. The fraction of sp³-hybridized carbons (Fsp3) is 0.727. The van der Waals surface area contributed by atoms with Crippen LogP contribution in [0.25, 0.3) is 0 Å². The van der Waals surface area contributed by atoms with Gasteiger partial charge in [0.15, 0.2) is 0 Å². The van der Waals surface area contributed by atoms with Gasteiger partial charge in [0.1, 0.15) is 0 Å². The summed E-state index contributed by atoms with van der Waals surface area (Å²) in [5, 5.41) is 4.23. The van der Waals surface area contributed by atoms with Gasteiger partial charge in [-0.05, 0) is 25.3 Å². The Morgan fingerprint density at radius 1 is 1.50 bits per heavy atom. The second-order valence-corrected chi connectivity index (χ2v) is 3.93. The lowest BCUT2D eigenvalue weighted by Crippen LogP contribution is -2.18. The Kier molecular flexibility index (Phi) is 4.14. The van der Waals surface area contributed by atoms with Crippen LogP contribution in [0.2, 0.25) is 0 Å². The number of aromatic nitrogens is 2. The summed E-state index contributed by atoms with van der Waals surface area (Å²) in [4.78, 5) is 0. The zero-order valence-corrected chi connectivity index (χ0v) is 9.40. The van der Waals surface area contributed by atoms with Crippen LogP contribution in [0.4, 0.5) is 0 Å². The van der Waals surface area contributed by atoms with Gasteiger partial charge < -0.3 is 5.73 Å². The minimum atomic E-state index is 0.132. The smallest absolute Gasteiger partial charge is 0.0551 e. The molecule has 0 bridgehead atoms. The highest BCUT2D eigenvalue weighted by atomic mass is 15.3. The van der Waals surface area contributed by atoms with Crippen molar-refractivity contribution < 1.29 is 0 Å². The van der Waals surface area contributed by atoms with Gasteiger partial charge in [-0.1, -0.05) is 20.3 Å². The monoisotopic (exact) mass is 195 g/mol. The van der Waals surface area contributed by atoms with Crippen LogP contribution in [-0.4, -0.2) is 9.78 Å². The van der Waals surface area contributed by atoms with Crippen LogP contribution in [0.3, 0.4) is 0 Å². The third kappa shape index (κ3) is 2.58. The van der Waals surface area contributed by atoms with Crippen molar-refractivity contribution in [2.75, 3.05) is 0 Å². The van der Waals surface area contributed by atoms with Gasteiger partial charge >= 0.3 is 0 Å². The van der Waals surface area contributed by atoms with Crippen molar-refractivity contribution in [1.82, 2.24) is 9.78 Å². The Labute approximate surface area is 86.3 Å². The van der Waals surface area contributed by atoms with Gasteiger partial charge in [0.25, 0.3) is 0 Å². The van der Waals surface area contributed by atoms with Crippen LogP contribution in [0.15, 0.2) is 12.3 Å². The van der Waals surface area contributed by atoms with E-state index in [1.54, 1.807) is 0 Å². The molecule has 3 heteroatoms. The Bertz CT molecular complexity index is 267. The molecule has 14 heavy (non-hydrogen) atoms. The summed E-state index contributed by atoms with van der Waals surface area (Å²) in [6.45, 7) is 7.43. The molecule has 2 atom stereocenters. The molecule has 80 valence electrons. The molecule has 1 rings (SSSR count). The summed E-state index contributed by atoms with van der Waals surface area (Å²) in [6, 6.07) is 2.16. The van der Waals surface area contributed by atoms with Gasteiger partial charge in [-0.3, -0.25) is 4.68 Å². The molecule has 0 amide bonds. The molecule has 2 N–H and O–H groups in total. The molecular formula is C11H21N3. The van der Waals surface area contributed by atoms with E-state index in [4.69, 9.17) is 5.73 Å². The molecule has 0 aliphatic rings. The maximum Gasteiger partial charge on any atom is 0.0551 e. The van der Waals surface area contributed by atoms with Gasteiger partial charge in [-0.25, -0.2) is 0 Å². The number of aryl methyl sites for hydroxylation is 1. The fourth-order valence-electron chi connectivity index (χ4n) is 1.64. The highest BCUT2D eigenvalue weighted by molar-refractivity contribution is 5.06. The summed E-state index contributed by atoms with van der Waals surface area (Å²) in [5.74, 6) is 0.685. The summed E-state index contributed by atoms with van der Waals surface area (Å²) < 4.78 is 1.98. The Hall–Kier alpha value is -0.830. The van der Waals surface area contributed by atoms with Crippen LogP contribution in [-0.2, 0) is 6.54 Å². The van der Waals surface area contributed by atoms with Gasteiger partial charge in [0.2, 0.25) is 0 Å². The number of nitrogens with two attached hydrogens (primary N) is 1. The first-order valence-corrected chi connectivity index (χ1v) is 5.46. The number of hydrogen-bond acceptors (Lipinski definition) is 2. The molecule has 2 unspecified atom stereocenters. The normalized spacial score (nSPS) is 15.4. The Morgan fingerprint density at radius 3 is 2.79 bits per heavy atom. The molecule has 0 aromatic carbocycles. The molecule has 1 aromatic rings. The topological polar surface area (TPSA) is 43.8 Å². The lowest BCUT2D eigenvalue weighted by Gasteiger charge is -2.16. The van der Waals surface area contributed by atoms with E-state index in [0.717, 1.165) is 18.7 Å². The fourth-order valence-corrected chi connectivity index (χ4v) is 1.64. The van der Waals surface area contributed by atoms with Crippen LogP contribution in [0, 0.1) is 5.92 Å². The van der Waals surface area contributed by atoms with E-state index in [1.807, 2.05) is 16.9 Å². The van der Waals surface area contributed by atoms with E-state index >= 15 is 0 Å². The molecule has 0 radical (unpaired) electrons.